The van der Waals surface area contributed by atoms with Crippen LogP contribution in [0.3, 0.4) is 0 Å². The highest BCUT2D eigenvalue weighted by Crippen LogP contribution is 2.58. The zero-order valence-electron chi connectivity index (χ0n) is 13.6. The van der Waals surface area contributed by atoms with E-state index in [1.54, 1.807) is 10.6 Å². The first kappa shape index (κ1) is 15.5. The zero-order valence-corrected chi connectivity index (χ0v) is 14.5. The van der Waals surface area contributed by atoms with Crippen molar-refractivity contribution in [3.05, 3.63) is 77.4 Å². The molecule has 22 heavy (non-hydrogen) atoms. The first-order chi connectivity index (χ1) is 10.7. The highest BCUT2D eigenvalue weighted by Gasteiger charge is 2.31. The van der Waals surface area contributed by atoms with E-state index >= 15 is 0 Å². The largest absolute Gasteiger partial charge is 0.306 e. The van der Waals surface area contributed by atoms with Crippen LogP contribution in [0.4, 0.5) is 0 Å². The molecule has 0 amide bonds. The van der Waals surface area contributed by atoms with E-state index in [0.29, 0.717) is 12.0 Å². The minimum atomic E-state index is -0.384. The van der Waals surface area contributed by atoms with Crippen molar-refractivity contribution in [2.75, 3.05) is 14.1 Å². The molecule has 3 rings (SSSR count). The number of allylic oxidation sites excluding steroid dienone is 6. The van der Waals surface area contributed by atoms with Gasteiger partial charge in [0.15, 0.2) is 0 Å². The monoisotopic (exact) mass is 309 g/mol. The molecule has 0 bridgehead atoms. The van der Waals surface area contributed by atoms with E-state index in [1.165, 1.54) is 5.30 Å². The van der Waals surface area contributed by atoms with Crippen LogP contribution >= 0.6 is 7.92 Å². The molecule has 2 heteroatoms. The summed E-state index contributed by atoms with van der Waals surface area (Å²) >= 11 is 0. The Morgan fingerprint density at radius 2 is 1.86 bits per heavy atom. The third-order valence-electron chi connectivity index (χ3n) is 4.57. The Balaban J connectivity index is 1.96. The van der Waals surface area contributed by atoms with Crippen LogP contribution in [0.15, 0.2) is 77.4 Å². The summed E-state index contributed by atoms with van der Waals surface area (Å²) in [6.45, 7) is 2.33. The average molecular weight is 309 g/mol. The maximum Gasteiger partial charge on any atom is 0.0185 e. The van der Waals surface area contributed by atoms with Gasteiger partial charge in [0.05, 0.1) is 0 Å². The smallest absolute Gasteiger partial charge is 0.0185 e. The van der Waals surface area contributed by atoms with E-state index in [4.69, 9.17) is 0 Å². The molecule has 1 unspecified atom stereocenters. The van der Waals surface area contributed by atoms with Crippen LogP contribution < -0.4 is 5.30 Å². The quantitative estimate of drug-likeness (QED) is 0.715. The molecule has 2 aliphatic rings. The van der Waals surface area contributed by atoms with Crippen LogP contribution in [0.5, 0.6) is 0 Å². The first-order valence-corrected chi connectivity index (χ1v) is 9.28. The maximum atomic E-state index is 2.38. The van der Waals surface area contributed by atoms with Crippen LogP contribution in [0.25, 0.3) is 0 Å². The van der Waals surface area contributed by atoms with E-state index in [1.807, 2.05) is 0 Å². The van der Waals surface area contributed by atoms with Gasteiger partial charge in [-0.25, -0.2) is 0 Å². The summed E-state index contributed by atoms with van der Waals surface area (Å²) in [6, 6.07) is 11.6. The van der Waals surface area contributed by atoms with Crippen molar-refractivity contribution >= 4 is 13.2 Å². The Hall–Kier alpha value is -1.43. The fourth-order valence-corrected chi connectivity index (χ4v) is 5.89. The molecule has 3 atom stereocenters. The second-order valence-corrected chi connectivity index (χ2v) is 8.45. The summed E-state index contributed by atoms with van der Waals surface area (Å²) in [7, 11) is 3.97. The predicted molar refractivity (Wildman–Crippen MR) is 98.7 cm³/mol. The van der Waals surface area contributed by atoms with Gasteiger partial charge >= 0.3 is 0 Å². The summed E-state index contributed by atoms with van der Waals surface area (Å²) in [5.41, 5.74) is 0. The van der Waals surface area contributed by atoms with Gasteiger partial charge in [0, 0.05) is 12.0 Å². The summed E-state index contributed by atoms with van der Waals surface area (Å²) in [4.78, 5) is 2.33. The minimum Gasteiger partial charge on any atom is -0.306 e. The van der Waals surface area contributed by atoms with E-state index in [-0.39, 0.29) is 7.92 Å². The SMILES string of the molecule is C[C@H](C1C=CC=C1[P@](C1=CC=CC1)c1ccccc1)N(C)C. The Kier molecular flexibility index (Phi) is 4.76. The predicted octanol–water partition coefficient (Wildman–Crippen LogP) is 4.66. The van der Waals surface area contributed by atoms with E-state index in [9.17, 15) is 0 Å². The molecule has 0 saturated carbocycles. The highest BCUT2D eigenvalue weighted by molar-refractivity contribution is 7.73. The van der Waals surface area contributed by atoms with Crippen molar-refractivity contribution in [3.63, 3.8) is 0 Å². The van der Waals surface area contributed by atoms with Gasteiger partial charge in [-0.15, -0.1) is 0 Å². The molecule has 0 spiro atoms. The fourth-order valence-electron chi connectivity index (χ4n) is 3.10. The van der Waals surface area contributed by atoms with Crippen LogP contribution in [0.1, 0.15) is 13.3 Å². The topological polar surface area (TPSA) is 3.24 Å². The third-order valence-corrected chi connectivity index (χ3v) is 7.26. The highest BCUT2D eigenvalue weighted by atomic mass is 31.1. The Morgan fingerprint density at radius 1 is 1.09 bits per heavy atom. The molecule has 1 aromatic carbocycles. The molecule has 0 N–H and O–H groups in total. The number of hydrogen-bond donors (Lipinski definition) is 0. The standard InChI is InChI=1S/C20H24NP/c1-16(21(2)3)19-14-9-15-20(19)22(18-12-7-8-13-18)17-10-5-4-6-11-17/h4-12,14-16,19H,13H2,1-3H3/t16-,19?,22+/m1/s1. The summed E-state index contributed by atoms with van der Waals surface area (Å²) in [6.07, 6.45) is 14.9. The lowest BCUT2D eigenvalue weighted by molar-refractivity contribution is 0.281. The zero-order chi connectivity index (χ0) is 15.5. The van der Waals surface area contributed by atoms with Crippen molar-refractivity contribution in [2.45, 2.75) is 19.4 Å². The van der Waals surface area contributed by atoms with Gasteiger partial charge in [0.1, 0.15) is 0 Å². The molecule has 0 aliphatic heterocycles. The van der Waals surface area contributed by atoms with Crippen LogP contribution in [0, 0.1) is 5.92 Å². The van der Waals surface area contributed by atoms with Gasteiger partial charge in [0.25, 0.3) is 0 Å². The number of nitrogens with zero attached hydrogens (tertiary/aromatic N) is 1. The molecule has 0 radical (unpaired) electrons. The average Bonchev–Trinajstić information content (AvgIpc) is 3.20. The number of benzene rings is 1. The van der Waals surface area contributed by atoms with Gasteiger partial charge in [0.2, 0.25) is 0 Å². The van der Waals surface area contributed by atoms with Crippen LogP contribution in [-0.4, -0.2) is 25.0 Å². The Morgan fingerprint density at radius 3 is 2.50 bits per heavy atom. The molecule has 2 aliphatic carbocycles. The summed E-state index contributed by atoms with van der Waals surface area (Å²) in [5, 5.41) is 4.64. The van der Waals surface area contributed by atoms with Crippen molar-refractivity contribution in [1.29, 1.82) is 0 Å². The molecular weight excluding hydrogens is 285 g/mol. The lowest BCUT2D eigenvalue weighted by Gasteiger charge is -2.32. The Labute approximate surface area is 135 Å². The fraction of sp³-hybridized carbons (Fsp3) is 0.300. The normalized spacial score (nSPS) is 22.8. The van der Waals surface area contributed by atoms with Crippen LogP contribution in [-0.2, 0) is 0 Å². The van der Waals surface area contributed by atoms with Crippen LogP contribution in [0.2, 0.25) is 0 Å². The second-order valence-electron chi connectivity index (χ2n) is 6.17. The van der Waals surface area contributed by atoms with Gasteiger partial charge in [-0.2, -0.15) is 0 Å². The molecule has 1 aromatic rings. The summed E-state index contributed by atoms with van der Waals surface area (Å²) in [5.74, 6) is 0.516. The van der Waals surface area contributed by atoms with Crippen molar-refractivity contribution in [1.82, 2.24) is 4.90 Å². The molecule has 0 fully saturated rings. The van der Waals surface area contributed by atoms with Crippen molar-refractivity contribution < 1.29 is 0 Å². The molecule has 0 heterocycles. The maximum absolute atomic E-state index is 2.38. The van der Waals surface area contributed by atoms with E-state index < -0.39 is 0 Å². The van der Waals surface area contributed by atoms with E-state index in [0.717, 1.165) is 6.42 Å². The van der Waals surface area contributed by atoms with Crippen molar-refractivity contribution in [2.24, 2.45) is 5.92 Å². The van der Waals surface area contributed by atoms with Gasteiger partial charge in [-0.3, -0.25) is 0 Å². The molecule has 114 valence electrons. The molecule has 0 saturated heterocycles. The lowest BCUT2D eigenvalue weighted by atomic mass is 10.0. The van der Waals surface area contributed by atoms with Gasteiger partial charge < -0.3 is 4.90 Å². The van der Waals surface area contributed by atoms with Gasteiger partial charge in [-0.05, 0) is 51.3 Å². The molecule has 0 aromatic heterocycles. The number of rotatable bonds is 5. The minimum absolute atomic E-state index is 0.384. The third kappa shape index (κ3) is 3.02. The molecular formula is C20H24NP. The Bertz CT molecular complexity index is 637. The van der Waals surface area contributed by atoms with E-state index in [2.05, 4.69) is 92.7 Å². The number of hydrogen-bond acceptors (Lipinski definition) is 1. The first-order valence-electron chi connectivity index (χ1n) is 7.94. The summed E-state index contributed by atoms with van der Waals surface area (Å²) < 4.78 is 0. The van der Waals surface area contributed by atoms with Crippen molar-refractivity contribution in [3.8, 4) is 0 Å². The van der Waals surface area contributed by atoms with Gasteiger partial charge in [-0.1, -0.05) is 66.8 Å². The second kappa shape index (κ2) is 6.77. The molecule has 1 nitrogen and oxygen atoms in total. The lowest BCUT2D eigenvalue weighted by Crippen LogP contribution is -2.32.